The Balaban J connectivity index is 2.75. The van der Waals surface area contributed by atoms with Crippen molar-refractivity contribution in [3.63, 3.8) is 0 Å². The van der Waals surface area contributed by atoms with Crippen LogP contribution in [0.5, 0.6) is 5.75 Å². The monoisotopic (exact) mass is 165 g/mol. The third-order valence-corrected chi connectivity index (χ3v) is 1.63. The molecule has 0 saturated carbocycles. The minimum atomic E-state index is 0.0870. The first-order valence-electron chi connectivity index (χ1n) is 3.88. The van der Waals surface area contributed by atoms with Crippen LogP contribution in [0.2, 0.25) is 0 Å². The minimum Gasteiger partial charge on any atom is -0.506 e. The predicted octanol–water partition coefficient (Wildman–Crippen LogP) is 1.31. The van der Waals surface area contributed by atoms with E-state index in [-0.39, 0.29) is 18.0 Å². The lowest BCUT2D eigenvalue weighted by atomic mass is 10.1. The van der Waals surface area contributed by atoms with Crippen LogP contribution >= 0.6 is 0 Å². The topological polar surface area (TPSA) is 50.2 Å². The third-order valence-electron chi connectivity index (χ3n) is 1.63. The van der Waals surface area contributed by atoms with Gasteiger partial charge in [0, 0.05) is 12.6 Å². The molecule has 1 aromatic rings. The van der Waals surface area contributed by atoms with E-state index in [1.54, 1.807) is 19.2 Å². The summed E-state index contributed by atoms with van der Waals surface area (Å²) in [5, 5.41) is 9.24. The number of aromatic hydroxyl groups is 1. The zero-order valence-electron chi connectivity index (χ0n) is 6.95. The summed E-state index contributed by atoms with van der Waals surface area (Å²) in [4.78, 5) is 14.9. The molecule has 0 radical (unpaired) electrons. The van der Waals surface area contributed by atoms with Crippen molar-refractivity contribution in [3.8, 4) is 5.75 Å². The number of carbonyl (C=O) groups is 1. The first-order valence-corrected chi connectivity index (χ1v) is 3.88. The van der Waals surface area contributed by atoms with Crippen molar-refractivity contribution in [1.82, 2.24) is 4.98 Å². The number of carbonyl (C=O) groups excluding carboxylic acids is 1. The number of hydrogen-bond donors (Lipinski definition) is 1. The van der Waals surface area contributed by atoms with Gasteiger partial charge in [0.2, 0.25) is 0 Å². The van der Waals surface area contributed by atoms with Crippen LogP contribution in [-0.2, 0) is 11.2 Å². The van der Waals surface area contributed by atoms with Crippen molar-refractivity contribution in [2.45, 2.75) is 19.8 Å². The Kier molecular flexibility index (Phi) is 2.80. The molecule has 3 heteroatoms. The first kappa shape index (κ1) is 8.71. The van der Waals surface area contributed by atoms with Crippen LogP contribution in [0.4, 0.5) is 0 Å². The highest BCUT2D eigenvalue weighted by Gasteiger charge is 2.05. The molecule has 0 atom stereocenters. The number of ketones is 1. The summed E-state index contributed by atoms with van der Waals surface area (Å²) in [6, 6.07) is 3.17. The molecule has 0 spiro atoms. The van der Waals surface area contributed by atoms with Crippen molar-refractivity contribution < 1.29 is 9.90 Å². The van der Waals surface area contributed by atoms with E-state index >= 15 is 0 Å². The molecule has 0 aliphatic rings. The average molecular weight is 165 g/mol. The zero-order valence-corrected chi connectivity index (χ0v) is 6.95. The third kappa shape index (κ3) is 2.05. The summed E-state index contributed by atoms with van der Waals surface area (Å²) in [7, 11) is 0. The van der Waals surface area contributed by atoms with Gasteiger partial charge in [0.15, 0.2) is 0 Å². The van der Waals surface area contributed by atoms with Crippen LogP contribution in [0.25, 0.3) is 0 Å². The highest BCUT2D eigenvalue weighted by Crippen LogP contribution is 2.13. The van der Waals surface area contributed by atoms with Gasteiger partial charge in [-0.1, -0.05) is 6.92 Å². The number of nitrogens with zero attached hydrogens (tertiary/aromatic N) is 1. The van der Waals surface area contributed by atoms with Gasteiger partial charge in [0.25, 0.3) is 0 Å². The Morgan fingerprint density at radius 3 is 3.00 bits per heavy atom. The van der Waals surface area contributed by atoms with Crippen LogP contribution in [0.15, 0.2) is 18.3 Å². The normalized spacial score (nSPS) is 9.75. The molecule has 64 valence electrons. The number of rotatable bonds is 3. The number of Topliss-reactive ketones (excluding diaryl/α,β-unsaturated/α-hetero) is 1. The lowest BCUT2D eigenvalue weighted by Gasteiger charge is -1.99. The molecule has 0 fully saturated rings. The molecular weight excluding hydrogens is 154 g/mol. The fourth-order valence-electron chi connectivity index (χ4n) is 0.877. The van der Waals surface area contributed by atoms with E-state index in [0.29, 0.717) is 12.1 Å². The number of aromatic nitrogens is 1. The molecule has 12 heavy (non-hydrogen) atoms. The fourth-order valence-corrected chi connectivity index (χ4v) is 0.877. The van der Waals surface area contributed by atoms with Crippen molar-refractivity contribution >= 4 is 5.78 Å². The summed E-state index contributed by atoms with van der Waals surface area (Å²) in [5.41, 5.74) is 0.462. The molecule has 0 aliphatic heterocycles. The van der Waals surface area contributed by atoms with Crippen LogP contribution in [-0.4, -0.2) is 15.9 Å². The van der Waals surface area contributed by atoms with Crippen molar-refractivity contribution in [2.24, 2.45) is 0 Å². The van der Waals surface area contributed by atoms with Crippen molar-refractivity contribution in [2.75, 3.05) is 0 Å². The largest absolute Gasteiger partial charge is 0.506 e. The van der Waals surface area contributed by atoms with Gasteiger partial charge in [-0.05, 0) is 12.1 Å². The second-order valence-corrected chi connectivity index (χ2v) is 2.54. The van der Waals surface area contributed by atoms with Crippen LogP contribution in [0.3, 0.4) is 0 Å². The molecule has 0 aliphatic carbocycles. The van der Waals surface area contributed by atoms with E-state index in [4.69, 9.17) is 0 Å². The van der Waals surface area contributed by atoms with Crippen LogP contribution in [0.1, 0.15) is 19.0 Å². The van der Waals surface area contributed by atoms with E-state index < -0.39 is 0 Å². The second-order valence-electron chi connectivity index (χ2n) is 2.54. The second kappa shape index (κ2) is 3.85. The van der Waals surface area contributed by atoms with Crippen molar-refractivity contribution in [3.05, 3.63) is 24.0 Å². The maximum absolute atomic E-state index is 11.0. The highest BCUT2D eigenvalue weighted by atomic mass is 16.3. The van der Waals surface area contributed by atoms with Gasteiger partial charge in [-0.15, -0.1) is 0 Å². The molecule has 1 rings (SSSR count). The van der Waals surface area contributed by atoms with Gasteiger partial charge in [-0.25, -0.2) is 0 Å². The van der Waals surface area contributed by atoms with Gasteiger partial charge in [0.1, 0.15) is 11.5 Å². The molecule has 1 aromatic heterocycles. The maximum atomic E-state index is 11.0. The summed E-state index contributed by atoms with van der Waals surface area (Å²) in [6.07, 6.45) is 2.27. The summed E-state index contributed by atoms with van der Waals surface area (Å²) < 4.78 is 0. The van der Waals surface area contributed by atoms with Crippen LogP contribution < -0.4 is 0 Å². The number of pyridine rings is 1. The van der Waals surface area contributed by atoms with Gasteiger partial charge in [-0.2, -0.15) is 0 Å². The molecule has 1 heterocycles. The Hall–Kier alpha value is -1.38. The van der Waals surface area contributed by atoms with Crippen molar-refractivity contribution in [1.29, 1.82) is 0 Å². The van der Waals surface area contributed by atoms with Gasteiger partial charge >= 0.3 is 0 Å². The molecule has 0 bridgehead atoms. The van der Waals surface area contributed by atoms with E-state index in [1.807, 2.05) is 0 Å². The summed E-state index contributed by atoms with van der Waals surface area (Å²) in [5.74, 6) is 0.184. The standard InChI is InChI=1S/C9H11NO2/c1-2-7(11)6-8-9(12)4-3-5-10-8/h3-5,12H,2,6H2,1H3. The van der Waals surface area contributed by atoms with E-state index in [0.717, 1.165) is 0 Å². The molecular formula is C9H11NO2. The minimum absolute atomic E-state index is 0.0870. The van der Waals surface area contributed by atoms with Crippen LogP contribution in [0, 0.1) is 0 Å². The molecule has 0 unspecified atom stereocenters. The fraction of sp³-hybridized carbons (Fsp3) is 0.333. The maximum Gasteiger partial charge on any atom is 0.138 e. The first-order chi connectivity index (χ1) is 5.74. The van der Waals surface area contributed by atoms with Gasteiger partial charge < -0.3 is 5.11 Å². The Morgan fingerprint density at radius 1 is 1.67 bits per heavy atom. The summed E-state index contributed by atoms with van der Waals surface area (Å²) >= 11 is 0. The number of hydrogen-bond acceptors (Lipinski definition) is 3. The van der Waals surface area contributed by atoms with E-state index in [1.165, 1.54) is 6.07 Å². The highest BCUT2D eigenvalue weighted by molar-refractivity contribution is 5.80. The Morgan fingerprint density at radius 2 is 2.42 bits per heavy atom. The smallest absolute Gasteiger partial charge is 0.138 e. The Bertz CT molecular complexity index is 284. The average Bonchev–Trinajstić information content (AvgIpc) is 2.09. The lowest BCUT2D eigenvalue weighted by Crippen LogP contribution is -2.02. The summed E-state index contributed by atoms with van der Waals surface area (Å²) in [6.45, 7) is 1.79. The molecule has 3 nitrogen and oxygen atoms in total. The van der Waals surface area contributed by atoms with Gasteiger partial charge in [0.05, 0.1) is 12.1 Å². The quantitative estimate of drug-likeness (QED) is 0.734. The molecule has 0 aromatic carbocycles. The van der Waals surface area contributed by atoms with Gasteiger partial charge in [-0.3, -0.25) is 9.78 Å². The molecule has 1 N–H and O–H groups in total. The molecule has 0 amide bonds. The zero-order chi connectivity index (χ0) is 8.97. The SMILES string of the molecule is CCC(=O)Cc1ncccc1O. The van der Waals surface area contributed by atoms with E-state index in [2.05, 4.69) is 4.98 Å². The van der Waals surface area contributed by atoms with E-state index in [9.17, 15) is 9.90 Å². The molecule has 0 saturated heterocycles. The predicted molar refractivity (Wildman–Crippen MR) is 44.9 cm³/mol. The Labute approximate surface area is 71.1 Å². The lowest BCUT2D eigenvalue weighted by molar-refractivity contribution is -0.118.